The molecule has 1 aliphatic rings. The van der Waals surface area contributed by atoms with Crippen molar-refractivity contribution < 1.29 is 4.39 Å². The van der Waals surface area contributed by atoms with Gasteiger partial charge in [-0.1, -0.05) is 18.6 Å². The van der Waals surface area contributed by atoms with E-state index in [1.165, 1.54) is 18.1 Å². The van der Waals surface area contributed by atoms with Crippen LogP contribution in [0.5, 0.6) is 0 Å². The van der Waals surface area contributed by atoms with Crippen molar-refractivity contribution in [3.05, 3.63) is 47.5 Å². The molecule has 0 fully saturated rings. The summed E-state index contributed by atoms with van der Waals surface area (Å²) < 4.78 is 15.7. The molecular formula is C15H18FN3. The summed E-state index contributed by atoms with van der Waals surface area (Å²) in [4.78, 5) is 0. The van der Waals surface area contributed by atoms with E-state index >= 15 is 0 Å². The number of fused-ring (bicyclic) bond motifs is 1. The zero-order valence-corrected chi connectivity index (χ0v) is 11.1. The van der Waals surface area contributed by atoms with Gasteiger partial charge in [0.2, 0.25) is 0 Å². The molecule has 0 amide bonds. The average Bonchev–Trinajstić information content (AvgIpc) is 2.73. The molecule has 0 saturated heterocycles. The van der Waals surface area contributed by atoms with Gasteiger partial charge in [0.05, 0.1) is 6.20 Å². The molecule has 1 heterocycles. The predicted molar refractivity (Wildman–Crippen MR) is 72.9 cm³/mol. The summed E-state index contributed by atoms with van der Waals surface area (Å²) in [6.45, 7) is 0. The molecule has 2 aromatic rings. The van der Waals surface area contributed by atoms with Crippen LogP contribution in [-0.4, -0.2) is 16.8 Å². The van der Waals surface area contributed by atoms with Crippen LogP contribution < -0.4 is 5.32 Å². The van der Waals surface area contributed by atoms with Gasteiger partial charge in [-0.05, 0) is 38.4 Å². The van der Waals surface area contributed by atoms with E-state index in [1.54, 1.807) is 16.8 Å². The number of para-hydroxylation sites is 1. The minimum atomic E-state index is -0.223. The number of hydrogen-bond donors (Lipinski definition) is 1. The van der Waals surface area contributed by atoms with Gasteiger partial charge in [-0.3, -0.25) is 0 Å². The third kappa shape index (κ3) is 2.16. The lowest BCUT2D eigenvalue weighted by Gasteiger charge is -2.13. The van der Waals surface area contributed by atoms with Crippen LogP contribution >= 0.6 is 0 Å². The molecule has 100 valence electrons. The fourth-order valence-corrected chi connectivity index (χ4v) is 2.86. The predicted octanol–water partition coefficient (Wildman–Crippen LogP) is 3.00. The van der Waals surface area contributed by atoms with Gasteiger partial charge < -0.3 is 5.32 Å². The summed E-state index contributed by atoms with van der Waals surface area (Å²) in [7, 11) is 1.97. The Morgan fingerprint density at radius 3 is 2.95 bits per heavy atom. The molecule has 4 heteroatoms. The molecule has 1 aromatic heterocycles. The molecule has 1 aliphatic carbocycles. The molecule has 0 saturated carbocycles. The van der Waals surface area contributed by atoms with Crippen molar-refractivity contribution in [2.75, 3.05) is 7.05 Å². The van der Waals surface area contributed by atoms with Crippen LogP contribution in [0.3, 0.4) is 0 Å². The number of nitrogens with zero attached hydrogens (tertiary/aromatic N) is 2. The van der Waals surface area contributed by atoms with Crippen molar-refractivity contribution in [2.24, 2.45) is 0 Å². The third-order valence-electron chi connectivity index (χ3n) is 3.86. The summed E-state index contributed by atoms with van der Waals surface area (Å²) in [6, 6.07) is 7.14. The van der Waals surface area contributed by atoms with Gasteiger partial charge in [0, 0.05) is 17.3 Å². The number of hydrogen-bond acceptors (Lipinski definition) is 2. The van der Waals surface area contributed by atoms with Gasteiger partial charge in [-0.25, -0.2) is 9.07 Å². The van der Waals surface area contributed by atoms with Crippen molar-refractivity contribution in [1.29, 1.82) is 0 Å². The van der Waals surface area contributed by atoms with Gasteiger partial charge in [0.1, 0.15) is 11.5 Å². The van der Waals surface area contributed by atoms with Crippen molar-refractivity contribution in [3.8, 4) is 5.69 Å². The van der Waals surface area contributed by atoms with Gasteiger partial charge in [-0.2, -0.15) is 5.10 Å². The van der Waals surface area contributed by atoms with Crippen LogP contribution in [0.1, 0.15) is 36.6 Å². The van der Waals surface area contributed by atoms with Crippen molar-refractivity contribution in [2.45, 2.75) is 31.7 Å². The zero-order valence-electron chi connectivity index (χ0n) is 11.1. The molecular weight excluding hydrogens is 241 g/mol. The van der Waals surface area contributed by atoms with Crippen LogP contribution in [0, 0.1) is 5.82 Å². The fourth-order valence-electron chi connectivity index (χ4n) is 2.86. The quantitative estimate of drug-likeness (QED) is 0.840. The van der Waals surface area contributed by atoms with Crippen LogP contribution in [-0.2, 0) is 6.42 Å². The first-order chi connectivity index (χ1) is 9.31. The lowest BCUT2D eigenvalue weighted by molar-refractivity contribution is 0.532. The Hall–Kier alpha value is -1.68. The molecule has 1 N–H and O–H groups in total. The van der Waals surface area contributed by atoms with Crippen LogP contribution in [0.15, 0.2) is 30.5 Å². The average molecular weight is 259 g/mol. The first kappa shape index (κ1) is 12.4. The Balaban J connectivity index is 2.10. The van der Waals surface area contributed by atoms with E-state index in [4.69, 9.17) is 0 Å². The highest BCUT2D eigenvalue weighted by Crippen LogP contribution is 2.30. The summed E-state index contributed by atoms with van der Waals surface area (Å²) in [6.07, 6.45) is 6.28. The summed E-state index contributed by atoms with van der Waals surface area (Å²) in [5, 5.41) is 7.74. The number of aromatic nitrogens is 2. The van der Waals surface area contributed by atoms with Crippen LogP contribution in [0.2, 0.25) is 0 Å². The van der Waals surface area contributed by atoms with E-state index in [1.807, 2.05) is 19.3 Å². The van der Waals surface area contributed by atoms with Crippen molar-refractivity contribution in [1.82, 2.24) is 15.1 Å². The minimum absolute atomic E-state index is 0.223. The number of benzene rings is 1. The molecule has 0 radical (unpaired) electrons. The SMILES string of the molecule is CNC1CCCCc2c1cnn2-c1ccccc1F. The Morgan fingerprint density at radius 2 is 2.16 bits per heavy atom. The molecule has 1 unspecified atom stereocenters. The first-order valence-corrected chi connectivity index (χ1v) is 6.80. The summed E-state index contributed by atoms with van der Waals surface area (Å²) >= 11 is 0. The fraction of sp³-hybridized carbons (Fsp3) is 0.400. The zero-order chi connectivity index (χ0) is 13.2. The van der Waals surface area contributed by atoms with E-state index in [0.29, 0.717) is 11.7 Å². The molecule has 19 heavy (non-hydrogen) atoms. The standard InChI is InChI=1S/C15H18FN3/c1-17-13-7-3-5-8-14-11(13)10-18-19(14)15-9-4-2-6-12(15)16/h2,4,6,9-10,13,17H,3,5,7-8H2,1H3. The Kier molecular flexibility index (Phi) is 3.34. The van der Waals surface area contributed by atoms with Gasteiger partial charge in [0.15, 0.2) is 0 Å². The minimum Gasteiger partial charge on any atom is -0.313 e. The molecule has 0 aliphatic heterocycles. The maximum atomic E-state index is 13.9. The first-order valence-electron chi connectivity index (χ1n) is 6.80. The van der Waals surface area contributed by atoms with E-state index in [9.17, 15) is 4.39 Å². The maximum absolute atomic E-state index is 13.9. The topological polar surface area (TPSA) is 29.9 Å². The van der Waals surface area contributed by atoms with E-state index < -0.39 is 0 Å². The summed E-state index contributed by atoms with van der Waals surface area (Å²) in [5.41, 5.74) is 2.89. The molecule has 0 bridgehead atoms. The lowest BCUT2D eigenvalue weighted by Crippen LogP contribution is -2.16. The second kappa shape index (κ2) is 5.13. The molecule has 1 aromatic carbocycles. The second-order valence-corrected chi connectivity index (χ2v) is 5.00. The molecule has 3 nitrogen and oxygen atoms in total. The summed E-state index contributed by atoms with van der Waals surface area (Å²) in [5.74, 6) is -0.223. The second-order valence-electron chi connectivity index (χ2n) is 5.00. The van der Waals surface area contributed by atoms with Gasteiger partial charge in [-0.15, -0.1) is 0 Å². The normalized spacial score (nSPS) is 18.9. The van der Waals surface area contributed by atoms with E-state index in [2.05, 4.69) is 10.4 Å². The molecule has 3 rings (SSSR count). The van der Waals surface area contributed by atoms with E-state index in [-0.39, 0.29) is 5.82 Å². The van der Waals surface area contributed by atoms with Gasteiger partial charge in [0.25, 0.3) is 0 Å². The van der Waals surface area contributed by atoms with Crippen molar-refractivity contribution in [3.63, 3.8) is 0 Å². The number of halogens is 1. The highest BCUT2D eigenvalue weighted by atomic mass is 19.1. The monoisotopic (exact) mass is 259 g/mol. The third-order valence-corrected chi connectivity index (χ3v) is 3.86. The van der Waals surface area contributed by atoms with E-state index in [0.717, 1.165) is 25.0 Å². The smallest absolute Gasteiger partial charge is 0.148 e. The Labute approximate surface area is 112 Å². The molecule has 0 spiro atoms. The lowest BCUT2D eigenvalue weighted by atomic mass is 10.1. The Bertz CT molecular complexity index is 577. The number of nitrogens with one attached hydrogen (secondary N) is 1. The maximum Gasteiger partial charge on any atom is 0.148 e. The van der Waals surface area contributed by atoms with Gasteiger partial charge >= 0.3 is 0 Å². The number of rotatable bonds is 2. The van der Waals surface area contributed by atoms with Crippen molar-refractivity contribution >= 4 is 0 Å². The largest absolute Gasteiger partial charge is 0.313 e. The molecule has 1 atom stereocenters. The van der Waals surface area contributed by atoms with Crippen LogP contribution in [0.25, 0.3) is 5.69 Å². The highest BCUT2D eigenvalue weighted by Gasteiger charge is 2.22. The Morgan fingerprint density at radius 1 is 1.32 bits per heavy atom. The highest BCUT2D eigenvalue weighted by molar-refractivity contribution is 5.37. The van der Waals surface area contributed by atoms with Crippen LogP contribution in [0.4, 0.5) is 4.39 Å².